The highest BCUT2D eigenvalue weighted by atomic mass is 14.5. The van der Waals surface area contributed by atoms with E-state index in [9.17, 15) is 0 Å². The van der Waals surface area contributed by atoms with Crippen LogP contribution in [0.2, 0.25) is 0 Å². The molecule has 0 nitrogen and oxygen atoms in total. The zero-order valence-electron chi connectivity index (χ0n) is 10.0. The summed E-state index contributed by atoms with van der Waals surface area (Å²) in [7, 11) is 0. The Bertz CT molecular complexity index is 249. The Balaban J connectivity index is 1.68. The topological polar surface area (TPSA) is 0 Å². The predicted molar refractivity (Wildman–Crippen MR) is 66.7 cm³/mol. The maximum atomic E-state index is 3.78. The van der Waals surface area contributed by atoms with Crippen LogP contribution >= 0.6 is 0 Å². The number of fused-ring (bicyclic) bond motifs is 1. The van der Waals surface area contributed by atoms with E-state index >= 15 is 0 Å². The van der Waals surface area contributed by atoms with Gasteiger partial charge in [-0.15, -0.1) is 6.58 Å². The molecule has 2 aliphatic rings. The Labute approximate surface area is 94.5 Å². The van der Waals surface area contributed by atoms with Crippen LogP contribution in [0, 0.1) is 17.8 Å². The van der Waals surface area contributed by atoms with Gasteiger partial charge in [-0.3, -0.25) is 0 Å². The molecule has 0 N–H and O–H groups in total. The molecule has 0 spiro atoms. The van der Waals surface area contributed by atoms with E-state index in [0.717, 1.165) is 17.8 Å². The van der Waals surface area contributed by atoms with Gasteiger partial charge in [0.25, 0.3) is 0 Å². The lowest BCUT2D eigenvalue weighted by Gasteiger charge is -2.11. The van der Waals surface area contributed by atoms with Gasteiger partial charge in [-0.05, 0) is 63.2 Å². The molecule has 0 heteroatoms. The van der Waals surface area contributed by atoms with E-state index in [1.165, 1.54) is 44.9 Å². The van der Waals surface area contributed by atoms with Gasteiger partial charge < -0.3 is 0 Å². The second kappa shape index (κ2) is 5.01. The molecule has 0 radical (unpaired) electrons. The molecule has 3 atom stereocenters. The van der Waals surface area contributed by atoms with Crippen molar-refractivity contribution >= 4 is 0 Å². The minimum Gasteiger partial charge on any atom is -0.103 e. The van der Waals surface area contributed by atoms with Crippen molar-refractivity contribution in [3.63, 3.8) is 0 Å². The molecule has 0 aromatic rings. The third-order valence-electron chi connectivity index (χ3n) is 4.41. The molecule has 2 fully saturated rings. The quantitative estimate of drug-likeness (QED) is 0.449. The Kier molecular flexibility index (Phi) is 3.66. The fourth-order valence-corrected chi connectivity index (χ4v) is 3.37. The highest BCUT2D eigenvalue weighted by Gasteiger charge is 2.50. The number of allylic oxidation sites excluding steroid dienone is 3. The Morgan fingerprint density at radius 3 is 2.93 bits per heavy atom. The first-order chi connectivity index (χ1) is 7.36. The van der Waals surface area contributed by atoms with E-state index in [1.807, 2.05) is 0 Å². The SMILES string of the molecule is C=CCCCCC1C2CCC(=CC)CC12. The van der Waals surface area contributed by atoms with Gasteiger partial charge in [0.2, 0.25) is 0 Å². The van der Waals surface area contributed by atoms with E-state index in [4.69, 9.17) is 0 Å². The normalized spacial score (nSPS) is 36.3. The number of hydrogen-bond acceptors (Lipinski definition) is 0. The van der Waals surface area contributed by atoms with Crippen molar-refractivity contribution in [1.82, 2.24) is 0 Å². The maximum Gasteiger partial charge on any atom is -0.0286 e. The van der Waals surface area contributed by atoms with Crippen LogP contribution < -0.4 is 0 Å². The van der Waals surface area contributed by atoms with Gasteiger partial charge in [0.1, 0.15) is 0 Å². The van der Waals surface area contributed by atoms with Crippen LogP contribution in [0.1, 0.15) is 51.9 Å². The highest BCUT2D eigenvalue weighted by Crippen LogP contribution is 2.58. The fraction of sp³-hybridized carbons (Fsp3) is 0.733. The summed E-state index contributed by atoms with van der Waals surface area (Å²) >= 11 is 0. The molecule has 2 aliphatic carbocycles. The van der Waals surface area contributed by atoms with E-state index < -0.39 is 0 Å². The molecule has 0 aromatic heterocycles. The first kappa shape index (κ1) is 11.0. The molecule has 2 saturated carbocycles. The van der Waals surface area contributed by atoms with Gasteiger partial charge >= 0.3 is 0 Å². The minimum absolute atomic E-state index is 1.08. The third-order valence-corrected chi connectivity index (χ3v) is 4.41. The number of hydrogen-bond donors (Lipinski definition) is 0. The largest absolute Gasteiger partial charge is 0.103 e. The lowest BCUT2D eigenvalue weighted by atomic mass is 9.95. The van der Waals surface area contributed by atoms with Crippen LogP contribution in [0.4, 0.5) is 0 Å². The molecule has 84 valence electrons. The van der Waals surface area contributed by atoms with Gasteiger partial charge in [0, 0.05) is 0 Å². The van der Waals surface area contributed by atoms with Crippen LogP contribution in [-0.2, 0) is 0 Å². The molecule has 0 aliphatic heterocycles. The fourth-order valence-electron chi connectivity index (χ4n) is 3.37. The zero-order valence-corrected chi connectivity index (χ0v) is 10.0. The number of rotatable bonds is 5. The van der Waals surface area contributed by atoms with Gasteiger partial charge in [0.15, 0.2) is 0 Å². The standard InChI is InChI=1S/C15H24/c1-3-5-6-7-8-13-14-10-9-12(4-2)11-15(13)14/h3-4,13-15H,1,5-11H2,2H3. The molecule has 3 unspecified atom stereocenters. The van der Waals surface area contributed by atoms with E-state index in [0.29, 0.717) is 0 Å². The second-order valence-corrected chi connectivity index (χ2v) is 5.25. The summed E-state index contributed by atoms with van der Waals surface area (Å²) in [4.78, 5) is 0. The predicted octanol–water partition coefficient (Wildman–Crippen LogP) is 4.73. The maximum absolute atomic E-state index is 3.78. The Morgan fingerprint density at radius 1 is 1.33 bits per heavy atom. The lowest BCUT2D eigenvalue weighted by Crippen LogP contribution is -1.96. The van der Waals surface area contributed by atoms with Gasteiger partial charge in [-0.1, -0.05) is 24.1 Å². The summed E-state index contributed by atoms with van der Waals surface area (Å²) in [5.74, 6) is 3.28. The van der Waals surface area contributed by atoms with Gasteiger partial charge in [-0.25, -0.2) is 0 Å². The van der Waals surface area contributed by atoms with Crippen LogP contribution in [0.25, 0.3) is 0 Å². The lowest BCUT2D eigenvalue weighted by molar-refractivity contribution is 0.562. The van der Waals surface area contributed by atoms with E-state index in [1.54, 1.807) is 5.57 Å². The summed E-state index contributed by atoms with van der Waals surface area (Å²) in [6.45, 7) is 5.98. The first-order valence-corrected chi connectivity index (χ1v) is 6.61. The molecule has 0 aromatic carbocycles. The van der Waals surface area contributed by atoms with Crippen molar-refractivity contribution < 1.29 is 0 Å². The summed E-state index contributed by atoms with van der Waals surface area (Å²) < 4.78 is 0. The molecule has 15 heavy (non-hydrogen) atoms. The average molecular weight is 204 g/mol. The van der Waals surface area contributed by atoms with Crippen LogP contribution in [0.5, 0.6) is 0 Å². The zero-order chi connectivity index (χ0) is 10.7. The van der Waals surface area contributed by atoms with Gasteiger partial charge in [0.05, 0.1) is 0 Å². The van der Waals surface area contributed by atoms with Crippen molar-refractivity contribution in [3.05, 3.63) is 24.3 Å². The molecule has 0 saturated heterocycles. The Hall–Kier alpha value is -0.520. The summed E-state index contributed by atoms with van der Waals surface area (Å²) in [6, 6.07) is 0. The highest BCUT2D eigenvalue weighted by molar-refractivity contribution is 5.14. The first-order valence-electron chi connectivity index (χ1n) is 6.61. The molecule has 0 heterocycles. The summed E-state index contributed by atoms with van der Waals surface area (Å²) in [6.07, 6.45) is 14.2. The van der Waals surface area contributed by atoms with Gasteiger partial charge in [-0.2, -0.15) is 0 Å². The second-order valence-electron chi connectivity index (χ2n) is 5.25. The Morgan fingerprint density at radius 2 is 2.20 bits per heavy atom. The third kappa shape index (κ3) is 2.53. The van der Waals surface area contributed by atoms with Crippen molar-refractivity contribution in [2.24, 2.45) is 17.8 Å². The van der Waals surface area contributed by atoms with E-state index in [2.05, 4.69) is 25.7 Å². The monoisotopic (exact) mass is 204 g/mol. The van der Waals surface area contributed by atoms with Crippen LogP contribution in [0.3, 0.4) is 0 Å². The minimum atomic E-state index is 1.08. The molecular weight excluding hydrogens is 180 g/mol. The van der Waals surface area contributed by atoms with Crippen LogP contribution in [0.15, 0.2) is 24.3 Å². The van der Waals surface area contributed by atoms with Crippen molar-refractivity contribution in [3.8, 4) is 0 Å². The van der Waals surface area contributed by atoms with Crippen molar-refractivity contribution in [2.45, 2.75) is 51.9 Å². The number of unbranched alkanes of at least 4 members (excludes halogenated alkanes) is 2. The molecule has 0 amide bonds. The molecular formula is C15H24. The van der Waals surface area contributed by atoms with Crippen molar-refractivity contribution in [2.75, 3.05) is 0 Å². The summed E-state index contributed by atoms with van der Waals surface area (Å²) in [5, 5.41) is 0. The van der Waals surface area contributed by atoms with E-state index in [-0.39, 0.29) is 0 Å². The molecule has 0 bridgehead atoms. The molecule has 2 rings (SSSR count). The van der Waals surface area contributed by atoms with Crippen LogP contribution in [-0.4, -0.2) is 0 Å². The smallest absolute Gasteiger partial charge is 0.0286 e. The summed E-state index contributed by atoms with van der Waals surface area (Å²) in [5.41, 5.74) is 1.73. The average Bonchev–Trinajstić information content (AvgIpc) is 2.97. The van der Waals surface area contributed by atoms with Crippen molar-refractivity contribution in [1.29, 1.82) is 0 Å².